The van der Waals surface area contributed by atoms with Gasteiger partial charge < -0.3 is 18.9 Å². The molecule has 2 heterocycles. The molecule has 0 N–H and O–H groups in total. The second-order valence-corrected chi connectivity index (χ2v) is 10.8. The first-order valence-electron chi connectivity index (χ1n) is 15.0. The van der Waals surface area contributed by atoms with E-state index in [1.807, 2.05) is 54.7 Å². The molecular weight excluding hydrogens is 572 g/mol. The molecule has 0 spiro atoms. The van der Waals surface area contributed by atoms with Crippen LogP contribution in [0.4, 0.5) is 0 Å². The molecule has 0 saturated carbocycles. The zero-order valence-corrected chi connectivity index (χ0v) is 25.6. The number of nitrogens with zero attached hydrogens (tertiary/aromatic N) is 2. The van der Waals surface area contributed by atoms with Crippen LogP contribution in [-0.4, -0.2) is 37.8 Å². The lowest BCUT2D eigenvalue weighted by molar-refractivity contribution is 0.0504. The Bertz CT molecular complexity index is 2110. The standard InChI is InChI=1S/C40H32N2O4/c1-43-25-45-37-21-19-28-9-3-5-11-32(28)38(37)39-33-12-6-4-10-30(33)23-34(40(39)46-26-44-2)29-16-14-27(15-17-29)31-18-20-36(42-24-31)35-13-7-8-22-41-35/h3-24H,25-26H2,1-2H3. The van der Waals surface area contributed by atoms with Crippen molar-refractivity contribution in [3.8, 4) is 56.3 Å². The van der Waals surface area contributed by atoms with E-state index in [4.69, 9.17) is 18.9 Å². The zero-order chi connectivity index (χ0) is 31.3. The maximum absolute atomic E-state index is 6.49. The number of fused-ring (bicyclic) bond motifs is 2. The first-order valence-corrected chi connectivity index (χ1v) is 15.0. The monoisotopic (exact) mass is 604 g/mol. The molecule has 5 aromatic carbocycles. The van der Waals surface area contributed by atoms with Gasteiger partial charge in [0.05, 0.1) is 11.4 Å². The largest absolute Gasteiger partial charge is 0.467 e. The van der Waals surface area contributed by atoms with Crippen molar-refractivity contribution in [1.29, 1.82) is 0 Å². The molecule has 0 aliphatic carbocycles. The summed E-state index contributed by atoms with van der Waals surface area (Å²) in [5.74, 6) is 1.43. The van der Waals surface area contributed by atoms with Crippen LogP contribution in [0.1, 0.15) is 0 Å². The Balaban J connectivity index is 1.39. The molecule has 7 aromatic rings. The van der Waals surface area contributed by atoms with E-state index >= 15 is 0 Å². The molecule has 0 bridgehead atoms. The van der Waals surface area contributed by atoms with Crippen molar-refractivity contribution >= 4 is 21.5 Å². The first kappa shape index (κ1) is 29.2. The quantitative estimate of drug-likeness (QED) is 0.145. The highest BCUT2D eigenvalue weighted by Gasteiger charge is 2.23. The van der Waals surface area contributed by atoms with Gasteiger partial charge in [-0.05, 0) is 63.0 Å². The number of benzene rings is 5. The van der Waals surface area contributed by atoms with Gasteiger partial charge in [-0.1, -0.05) is 91.0 Å². The smallest absolute Gasteiger partial charge is 0.188 e. The van der Waals surface area contributed by atoms with Crippen LogP contribution in [0.5, 0.6) is 11.5 Å². The van der Waals surface area contributed by atoms with Gasteiger partial charge in [0.15, 0.2) is 13.6 Å². The molecule has 7 rings (SSSR count). The summed E-state index contributed by atoms with van der Waals surface area (Å²) in [6, 6.07) is 41.3. The fourth-order valence-electron chi connectivity index (χ4n) is 5.88. The molecular formula is C40H32N2O4. The number of rotatable bonds is 10. The van der Waals surface area contributed by atoms with Crippen molar-refractivity contribution in [1.82, 2.24) is 9.97 Å². The summed E-state index contributed by atoms with van der Waals surface area (Å²) in [7, 11) is 3.26. The van der Waals surface area contributed by atoms with Gasteiger partial charge in [0.25, 0.3) is 0 Å². The molecule has 2 aromatic heterocycles. The number of ether oxygens (including phenoxy) is 4. The Hall–Kier alpha value is -5.56. The summed E-state index contributed by atoms with van der Waals surface area (Å²) < 4.78 is 23.4. The molecule has 0 aliphatic heterocycles. The summed E-state index contributed by atoms with van der Waals surface area (Å²) in [5.41, 5.74) is 7.62. The maximum Gasteiger partial charge on any atom is 0.188 e. The fraction of sp³-hybridized carbons (Fsp3) is 0.100. The van der Waals surface area contributed by atoms with E-state index in [9.17, 15) is 0 Å². The van der Waals surface area contributed by atoms with E-state index < -0.39 is 0 Å². The molecule has 226 valence electrons. The van der Waals surface area contributed by atoms with Crippen LogP contribution in [0.15, 0.2) is 134 Å². The Morgan fingerprint density at radius 1 is 0.522 bits per heavy atom. The van der Waals surface area contributed by atoms with E-state index in [1.54, 1.807) is 20.4 Å². The van der Waals surface area contributed by atoms with Crippen LogP contribution < -0.4 is 9.47 Å². The Labute approximate surface area is 267 Å². The zero-order valence-electron chi connectivity index (χ0n) is 25.6. The van der Waals surface area contributed by atoms with Crippen LogP contribution in [0, 0.1) is 0 Å². The Kier molecular flexibility index (Phi) is 8.37. The lowest BCUT2D eigenvalue weighted by atomic mass is 9.88. The number of hydrogen-bond donors (Lipinski definition) is 0. The van der Waals surface area contributed by atoms with Gasteiger partial charge >= 0.3 is 0 Å². The molecule has 0 radical (unpaired) electrons. The minimum absolute atomic E-state index is 0.0870. The van der Waals surface area contributed by atoms with Gasteiger partial charge in [-0.25, -0.2) is 0 Å². The molecule has 0 fully saturated rings. The van der Waals surface area contributed by atoms with Crippen molar-refractivity contribution in [3.63, 3.8) is 0 Å². The minimum Gasteiger partial charge on any atom is -0.467 e. The SMILES string of the molecule is COCOc1ccc2ccccc2c1-c1c(OCOC)c(-c2ccc(-c3ccc(-c4ccccn4)nc3)cc2)cc2ccccc12. The van der Waals surface area contributed by atoms with Crippen LogP contribution in [0.3, 0.4) is 0 Å². The number of hydrogen-bond acceptors (Lipinski definition) is 6. The van der Waals surface area contributed by atoms with Crippen molar-refractivity contribution in [2.24, 2.45) is 0 Å². The summed E-state index contributed by atoms with van der Waals surface area (Å²) >= 11 is 0. The average molecular weight is 605 g/mol. The number of methoxy groups -OCH3 is 2. The van der Waals surface area contributed by atoms with Gasteiger partial charge in [0.2, 0.25) is 0 Å². The molecule has 46 heavy (non-hydrogen) atoms. The van der Waals surface area contributed by atoms with Gasteiger partial charge in [-0.3, -0.25) is 9.97 Å². The van der Waals surface area contributed by atoms with Gasteiger partial charge in [-0.15, -0.1) is 0 Å². The van der Waals surface area contributed by atoms with Gasteiger partial charge in [0, 0.05) is 48.9 Å². The normalized spacial score (nSPS) is 11.2. The molecule has 6 nitrogen and oxygen atoms in total. The highest BCUT2D eigenvalue weighted by Crippen LogP contribution is 2.49. The topological polar surface area (TPSA) is 62.7 Å². The molecule has 0 aliphatic rings. The summed E-state index contributed by atoms with van der Waals surface area (Å²) in [6.45, 7) is 0.208. The number of aromatic nitrogens is 2. The molecule has 0 unspecified atom stereocenters. The summed E-state index contributed by atoms with van der Waals surface area (Å²) in [4.78, 5) is 9.09. The third-order valence-electron chi connectivity index (χ3n) is 8.02. The van der Waals surface area contributed by atoms with Crippen molar-refractivity contribution in [3.05, 3.63) is 134 Å². The van der Waals surface area contributed by atoms with E-state index in [0.29, 0.717) is 11.5 Å². The third-order valence-corrected chi connectivity index (χ3v) is 8.02. The lowest BCUT2D eigenvalue weighted by Gasteiger charge is -2.22. The predicted molar refractivity (Wildman–Crippen MR) is 184 cm³/mol. The van der Waals surface area contributed by atoms with Gasteiger partial charge in [-0.2, -0.15) is 0 Å². The highest BCUT2D eigenvalue weighted by molar-refractivity contribution is 6.12. The van der Waals surface area contributed by atoms with E-state index in [0.717, 1.165) is 66.3 Å². The van der Waals surface area contributed by atoms with Crippen molar-refractivity contribution in [2.75, 3.05) is 27.8 Å². The average Bonchev–Trinajstić information content (AvgIpc) is 3.13. The first-order chi connectivity index (χ1) is 22.7. The second kappa shape index (κ2) is 13.2. The van der Waals surface area contributed by atoms with Crippen molar-refractivity contribution in [2.45, 2.75) is 0 Å². The van der Waals surface area contributed by atoms with Crippen LogP contribution in [0.25, 0.3) is 66.3 Å². The lowest BCUT2D eigenvalue weighted by Crippen LogP contribution is -2.05. The maximum atomic E-state index is 6.49. The van der Waals surface area contributed by atoms with E-state index in [2.05, 4.69) is 82.8 Å². The molecule has 6 heteroatoms. The second-order valence-electron chi connectivity index (χ2n) is 10.8. The van der Waals surface area contributed by atoms with Gasteiger partial charge in [0.1, 0.15) is 11.5 Å². The van der Waals surface area contributed by atoms with Crippen LogP contribution in [-0.2, 0) is 9.47 Å². The highest BCUT2D eigenvalue weighted by atomic mass is 16.7. The molecule has 0 saturated heterocycles. The van der Waals surface area contributed by atoms with Crippen molar-refractivity contribution < 1.29 is 18.9 Å². The van der Waals surface area contributed by atoms with Crippen LogP contribution in [0.2, 0.25) is 0 Å². The summed E-state index contributed by atoms with van der Waals surface area (Å²) in [5, 5.41) is 4.28. The summed E-state index contributed by atoms with van der Waals surface area (Å²) in [6.07, 6.45) is 3.67. The minimum atomic E-state index is 0.0870. The van der Waals surface area contributed by atoms with E-state index in [-0.39, 0.29) is 13.6 Å². The number of pyridine rings is 2. The third kappa shape index (κ3) is 5.68. The predicted octanol–water partition coefficient (Wildman–Crippen LogP) is 9.42. The van der Waals surface area contributed by atoms with E-state index in [1.165, 1.54) is 0 Å². The Morgan fingerprint density at radius 3 is 1.89 bits per heavy atom. The Morgan fingerprint density at radius 2 is 1.17 bits per heavy atom. The van der Waals surface area contributed by atoms with Crippen LogP contribution >= 0.6 is 0 Å². The molecule has 0 amide bonds. The fourth-order valence-corrected chi connectivity index (χ4v) is 5.88. The molecule has 0 atom stereocenters.